The minimum absolute atomic E-state index is 0.365. The zero-order valence-corrected chi connectivity index (χ0v) is 11.0. The van der Waals surface area contributed by atoms with Crippen LogP contribution < -0.4 is 0 Å². The monoisotopic (exact) mass is 210 g/mol. The van der Waals surface area contributed by atoms with E-state index >= 15 is 0 Å². The van der Waals surface area contributed by atoms with Gasteiger partial charge in [0, 0.05) is 8.80 Å². The van der Waals surface area contributed by atoms with Gasteiger partial charge in [0.1, 0.15) is 0 Å². The lowest BCUT2D eigenvalue weighted by molar-refractivity contribution is 0.463. The molecule has 0 atom stereocenters. The number of hydrogen-bond donors (Lipinski definition) is 0. The second kappa shape index (κ2) is 5.34. The summed E-state index contributed by atoms with van der Waals surface area (Å²) in [6, 6.07) is 0. The molecule has 0 radical (unpaired) electrons. The van der Waals surface area contributed by atoms with E-state index in [-0.39, 0.29) is 8.80 Å². The Labute approximate surface area is 91.1 Å². The summed E-state index contributed by atoms with van der Waals surface area (Å²) in [5.74, 6) is 0. The van der Waals surface area contributed by atoms with Crippen molar-refractivity contribution in [1.82, 2.24) is 0 Å². The van der Waals surface area contributed by atoms with Gasteiger partial charge in [0.2, 0.25) is 0 Å². The quantitative estimate of drug-likeness (QED) is 0.588. The summed E-state index contributed by atoms with van der Waals surface area (Å²) in [5.41, 5.74) is 2.46. The van der Waals surface area contributed by atoms with E-state index in [1.807, 2.05) is 0 Å². The number of hydrogen-bond acceptors (Lipinski definition) is 0. The Kier molecular flexibility index (Phi) is 4.09. The molecule has 0 aromatic carbocycles. The first-order valence-electron chi connectivity index (χ1n) is 6.88. The first kappa shape index (κ1) is 10.7. The third-order valence-corrected chi connectivity index (χ3v) is 9.09. The lowest BCUT2D eigenvalue weighted by atomic mass is 9.99. The van der Waals surface area contributed by atoms with E-state index in [0.717, 1.165) is 0 Å². The molecule has 1 heteroatoms. The summed E-state index contributed by atoms with van der Waals surface area (Å²) >= 11 is 0. The van der Waals surface area contributed by atoms with Crippen LogP contribution in [0, 0.1) is 0 Å². The molecule has 0 aromatic rings. The van der Waals surface area contributed by atoms with Gasteiger partial charge in [-0.05, 0) is 11.1 Å². The molecule has 2 aliphatic rings. The highest BCUT2D eigenvalue weighted by Crippen LogP contribution is 2.40. The van der Waals surface area contributed by atoms with Crippen molar-refractivity contribution in [3.8, 4) is 0 Å². The van der Waals surface area contributed by atoms with Crippen LogP contribution in [0.5, 0.6) is 0 Å². The van der Waals surface area contributed by atoms with Gasteiger partial charge in [0.25, 0.3) is 0 Å². The molecule has 2 aliphatic carbocycles. The van der Waals surface area contributed by atoms with Crippen LogP contribution in [0.4, 0.5) is 0 Å². The second-order valence-corrected chi connectivity index (χ2v) is 9.26. The van der Waals surface area contributed by atoms with Crippen molar-refractivity contribution >= 4 is 8.80 Å². The minimum atomic E-state index is -0.365. The maximum atomic E-state index is 2.69. The normalized spacial score (nSPS) is 27.0. The molecule has 14 heavy (non-hydrogen) atoms. The van der Waals surface area contributed by atoms with Crippen molar-refractivity contribution in [2.75, 3.05) is 0 Å². The highest BCUT2D eigenvalue weighted by Gasteiger charge is 2.28. The maximum Gasteiger partial charge on any atom is 0.0399 e. The lowest BCUT2D eigenvalue weighted by Crippen LogP contribution is -2.26. The predicted molar refractivity (Wildman–Crippen MR) is 66.7 cm³/mol. The van der Waals surface area contributed by atoms with E-state index in [0.29, 0.717) is 0 Å². The van der Waals surface area contributed by atoms with Gasteiger partial charge in [-0.25, -0.2) is 0 Å². The highest BCUT2D eigenvalue weighted by atomic mass is 28.3. The standard InChI is InChI=1S/C13H26Si/c1-14(12-8-4-2-5-9-12)13-10-6-3-7-11-13/h12-14H,2-11H2,1H3. The van der Waals surface area contributed by atoms with Crippen molar-refractivity contribution in [3.63, 3.8) is 0 Å². The Morgan fingerprint density at radius 1 is 0.643 bits per heavy atom. The highest BCUT2D eigenvalue weighted by molar-refractivity contribution is 6.60. The van der Waals surface area contributed by atoms with Crippen LogP contribution in [0.15, 0.2) is 0 Å². The van der Waals surface area contributed by atoms with E-state index < -0.39 is 0 Å². The van der Waals surface area contributed by atoms with Gasteiger partial charge in [-0.2, -0.15) is 0 Å². The molecule has 0 heterocycles. The van der Waals surface area contributed by atoms with E-state index in [4.69, 9.17) is 0 Å². The van der Waals surface area contributed by atoms with Gasteiger partial charge < -0.3 is 0 Å². The maximum absolute atomic E-state index is 2.69. The molecule has 2 rings (SSSR count). The van der Waals surface area contributed by atoms with E-state index in [2.05, 4.69) is 6.55 Å². The van der Waals surface area contributed by atoms with Crippen LogP contribution in [0.2, 0.25) is 17.6 Å². The fourth-order valence-corrected chi connectivity index (χ4v) is 7.52. The van der Waals surface area contributed by atoms with Crippen molar-refractivity contribution in [3.05, 3.63) is 0 Å². The average molecular weight is 210 g/mol. The van der Waals surface area contributed by atoms with Crippen molar-refractivity contribution in [1.29, 1.82) is 0 Å². The molecule has 0 unspecified atom stereocenters. The van der Waals surface area contributed by atoms with Crippen LogP contribution in [-0.4, -0.2) is 8.80 Å². The summed E-state index contributed by atoms with van der Waals surface area (Å²) in [5, 5.41) is 0. The third kappa shape index (κ3) is 2.62. The Morgan fingerprint density at radius 2 is 1.00 bits per heavy atom. The molecule has 82 valence electrons. The molecule has 0 bridgehead atoms. The summed E-state index contributed by atoms with van der Waals surface area (Å²) in [7, 11) is -0.365. The molecule has 0 saturated heterocycles. The molecule has 0 amide bonds. The van der Waals surface area contributed by atoms with Crippen LogP contribution in [0.25, 0.3) is 0 Å². The lowest BCUT2D eigenvalue weighted by Gasteiger charge is -2.34. The molecular formula is C13H26Si. The van der Waals surface area contributed by atoms with Crippen molar-refractivity contribution in [2.45, 2.75) is 81.8 Å². The molecule has 0 N–H and O–H groups in total. The molecule has 2 fully saturated rings. The largest absolute Gasteiger partial charge is 0.0716 e. The Bertz CT molecular complexity index is 137. The predicted octanol–water partition coefficient (Wildman–Crippen LogP) is 4.51. The van der Waals surface area contributed by atoms with Crippen molar-refractivity contribution < 1.29 is 0 Å². The molecule has 0 aliphatic heterocycles. The van der Waals surface area contributed by atoms with Crippen LogP contribution in [0.1, 0.15) is 64.2 Å². The SMILES string of the molecule is C[SiH](C1CCCCC1)C1CCCCC1. The Morgan fingerprint density at radius 3 is 1.36 bits per heavy atom. The van der Waals surface area contributed by atoms with Gasteiger partial charge >= 0.3 is 0 Å². The second-order valence-electron chi connectivity index (χ2n) is 5.66. The van der Waals surface area contributed by atoms with Crippen LogP contribution in [-0.2, 0) is 0 Å². The summed E-state index contributed by atoms with van der Waals surface area (Å²) in [4.78, 5) is 0. The van der Waals surface area contributed by atoms with E-state index in [9.17, 15) is 0 Å². The molecule has 2 saturated carbocycles. The summed E-state index contributed by atoms with van der Waals surface area (Å²) < 4.78 is 0. The Hall–Kier alpha value is 0.217. The summed E-state index contributed by atoms with van der Waals surface area (Å²) in [6.45, 7) is 2.69. The van der Waals surface area contributed by atoms with E-state index in [1.54, 1.807) is 51.4 Å². The summed E-state index contributed by atoms with van der Waals surface area (Å²) in [6.07, 6.45) is 15.7. The fraction of sp³-hybridized carbons (Fsp3) is 1.00. The zero-order chi connectivity index (χ0) is 9.80. The van der Waals surface area contributed by atoms with E-state index in [1.165, 1.54) is 23.9 Å². The zero-order valence-electron chi connectivity index (χ0n) is 9.80. The van der Waals surface area contributed by atoms with Gasteiger partial charge in [-0.15, -0.1) is 0 Å². The van der Waals surface area contributed by atoms with Gasteiger partial charge in [0.15, 0.2) is 0 Å². The van der Waals surface area contributed by atoms with Gasteiger partial charge in [0.05, 0.1) is 0 Å². The van der Waals surface area contributed by atoms with Crippen molar-refractivity contribution in [2.24, 2.45) is 0 Å². The van der Waals surface area contributed by atoms with Gasteiger partial charge in [-0.1, -0.05) is 70.8 Å². The molecule has 0 nitrogen and oxygen atoms in total. The average Bonchev–Trinajstić information content (AvgIpc) is 2.30. The third-order valence-electron chi connectivity index (χ3n) is 4.79. The van der Waals surface area contributed by atoms with Crippen LogP contribution in [0.3, 0.4) is 0 Å². The van der Waals surface area contributed by atoms with Crippen LogP contribution >= 0.6 is 0 Å². The topological polar surface area (TPSA) is 0 Å². The fourth-order valence-electron chi connectivity index (χ4n) is 3.70. The first-order chi connectivity index (χ1) is 6.88. The van der Waals surface area contributed by atoms with Gasteiger partial charge in [-0.3, -0.25) is 0 Å². The smallest absolute Gasteiger partial charge is 0.0399 e. The number of rotatable bonds is 2. The molecular weight excluding hydrogens is 184 g/mol. The first-order valence-corrected chi connectivity index (χ1v) is 9.37. The molecule has 0 spiro atoms. The molecule has 0 aromatic heterocycles. The minimum Gasteiger partial charge on any atom is -0.0716 e. The Balaban J connectivity index is 1.82.